The van der Waals surface area contributed by atoms with Crippen LogP contribution in [0.5, 0.6) is 0 Å². The Kier molecular flexibility index (Phi) is 20.5. The zero-order valence-corrected chi connectivity index (χ0v) is 65.0. The number of alkyl halides is 1. The first kappa shape index (κ1) is 69.5. The zero-order chi connectivity index (χ0) is 73.1. The number of carbonyl (C=O) groups excluding carboxylic acids is 2. The summed E-state index contributed by atoms with van der Waals surface area (Å²) in [5.74, 6) is 18.8. The molecule has 4 aliphatic carbocycles. The van der Waals surface area contributed by atoms with Gasteiger partial charge in [-0.2, -0.15) is 0 Å². The van der Waals surface area contributed by atoms with Crippen molar-refractivity contribution in [3.05, 3.63) is 314 Å². The first-order chi connectivity index (χ1) is 51.2. The number of hydrogen-bond acceptors (Lipinski definition) is 8. The number of ketones is 2. The number of terminal acetylenes is 1. The predicted octanol–water partition coefficient (Wildman–Crippen LogP) is 25.5. The summed E-state index contributed by atoms with van der Waals surface area (Å²) < 4.78 is 11.0. The average Bonchev–Trinajstić information content (AvgIpc) is 1.49. The van der Waals surface area contributed by atoms with Crippen LogP contribution in [0.2, 0.25) is 0 Å². The predicted molar refractivity (Wildman–Crippen MR) is 463 cm³/mol. The van der Waals surface area contributed by atoms with Crippen molar-refractivity contribution < 1.29 is 18.1 Å². The monoisotopic (exact) mass is 1650 g/mol. The van der Waals surface area contributed by atoms with Gasteiger partial charge in [0.25, 0.3) is 11.4 Å². The average molecular weight is 1650 g/mol. The van der Waals surface area contributed by atoms with Crippen molar-refractivity contribution in [3.63, 3.8) is 0 Å². The number of nitriles is 2. The van der Waals surface area contributed by atoms with Gasteiger partial charge in [0.15, 0.2) is 11.6 Å². The molecule has 0 amide bonds. The molecule has 0 aliphatic heterocycles. The van der Waals surface area contributed by atoms with Crippen LogP contribution in [-0.4, -0.2) is 17.1 Å². The third kappa shape index (κ3) is 12.3. The van der Waals surface area contributed by atoms with Crippen LogP contribution in [-0.2, 0) is 23.7 Å². The van der Waals surface area contributed by atoms with Gasteiger partial charge in [0.2, 0.25) is 0 Å². The number of carbonyl (C=O) groups is 2. The Morgan fingerprint density at radius 1 is 0.548 bits per heavy atom. The molecule has 0 saturated carbocycles. The fourth-order valence-electron chi connectivity index (χ4n) is 15.6. The van der Waals surface area contributed by atoms with Crippen LogP contribution in [0.1, 0.15) is 182 Å². The number of thiophene rings is 4. The molecule has 0 radical (unpaired) electrons. The second-order valence-electron chi connectivity index (χ2n) is 26.0. The van der Waals surface area contributed by atoms with Gasteiger partial charge in [-0.1, -0.05) is 197 Å². The summed E-state index contributed by atoms with van der Waals surface area (Å²) in [4.78, 5) is 42.4. The maximum Gasteiger partial charge on any atom is 0.270 e. The molecule has 6 nitrogen and oxygen atoms in total. The molecule has 104 heavy (non-hydrogen) atoms. The Morgan fingerprint density at radius 2 is 0.942 bits per heavy atom. The molecule has 0 spiro atoms. The van der Waals surface area contributed by atoms with Gasteiger partial charge in [0, 0.05) is 87.6 Å². The van der Waals surface area contributed by atoms with Gasteiger partial charge >= 0.3 is 41.2 Å². The SMILES string of the molecule is [3H]I(C)I.[C-]#[N+]/C(C#N)=C1\C(=C\c2cc3sc4c(c3s2)C(c2ccc(C)cc2)(c2ccc(C#CC#CC#CC#C)cc2)c2cc3c(cc2-4)C(c2ccc(CCCCCC)cc2)(c2ccc(CCCCCC)cc2)c2c-3sc3cc(/C=C4\C(=O)c5ccccc5\C4=C(\C#N)[N+]#[C-])sc23)C(=O)c2ccccc21.[HH].[HH].[HH].[HH].[HH].[HH]. The van der Waals surface area contributed by atoms with Crippen molar-refractivity contribution in [2.24, 2.45) is 0 Å². The third-order valence-electron chi connectivity index (χ3n) is 20.1. The maximum absolute atomic E-state index is 14.6. The van der Waals surface area contributed by atoms with E-state index in [9.17, 15) is 20.1 Å². The van der Waals surface area contributed by atoms with Crippen molar-refractivity contribution in [1.29, 1.82) is 11.1 Å². The van der Waals surface area contributed by atoms with E-state index in [1.165, 1.54) is 47.9 Å². The Balaban J connectivity index is 0.00000151. The van der Waals surface area contributed by atoms with E-state index in [1.807, 2.05) is 53.5 Å². The van der Waals surface area contributed by atoms with Crippen LogP contribution in [0.4, 0.5) is 0 Å². The minimum Gasteiger partial charge on any atom is -0.289 e. The molecule has 11 aromatic rings. The molecular formula is C92H76I2N4O2S4. The third-order valence-corrected chi connectivity index (χ3v) is 24.9. The molecule has 4 aliphatic rings. The summed E-state index contributed by atoms with van der Waals surface area (Å²) in [7, 11) is 0. The molecule has 1 unspecified atom stereocenters. The Labute approximate surface area is 653 Å². The summed E-state index contributed by atoms with van der Waals surface area (Å²) >= 11 is 7.92. The summed E-state index contributed by atoms with van der Waals surface area (Å²) in [6, 6.07) is 64.5. The van der Waals surface area contributed by atoms with Crippen LogP contribution in [0.25, 0.3) is 72.7 Å². The van der Waals surface area contributed by atoms with Gasteiger partial charge in [0.05, 0.1) is 45.5 Å². The van der Waals surface area contributed by atoms with E-state index >= 15 is 0 Å². The summed E-state index contributed by atoms with van der Waals surface area (Å²) in [5, 5.41) is 20.8. The molecule has 514 valence electrons. The molecular weight excluding hydrogens is 1580 g/mol. The number of benzene rings is 7. The van der Waals surface area contributed by atoms with E-state index in [2.05, 4.69) is 224 Å². The number of allylic oxidation sites excluding steroid dienone is 6. The van der Waals surface area contributed by atoms with Gasteiger partial charge in [-0.05, 0) is 183 Å². The minimum atomic E-state index is -1.04. The first-order valence-electron chi connectivity index (χ1n) is 34.8. The second-order valence-corrected chi connectivity index (χ2v) is 36.6. The van der Waals surface area contributed by atoms with E-state index < -0.39 is 27.9 Å². The molecule has 15 rings (SSSR count). The van der Waals surface area contributed by atoms with E-state index in [4.69, 9.17) is 20.2 Å². The van der Waals surface area contributed by atoms with Crippen molar-refractivity contribution in [2.45, 2.75) is 95.8 Å². The van der Waals surface area contributed by atoms with Gasteiger partial charge in [0.1, 0.15) is 0 Å². The Morgan fingerprint density at radius 3 is 1.35 bits per heavy atom. The molecule has 4 aromatic heterocycles. The van der Waals surface area contributed by atoms with Crippen LogP contribution in [0.3, 0.4) is 0 Å². The molecule has 0 bridgehead atoms. The number of aryl methyl sites for hydroxylation is 3. The molecule has 0 saturated heterocycles. The number of nitrogens with zero attached hydrogens (tertiary/aromatic N) is 4. The minimum absolute atomic E-state index is 0. The van der Waals surface area contributed by atoms with Crippen LogP contribution in [0.15, 0.2) is 192 Å². The normalized spacial score (nSPS) is 16.4. The van der Waals surface area contributed by atoms with Gasteiger partial charge < -0.3 is 0 Å². The second kappa shape index (κ2) is 30.6. The number of Topliss-reactive ketones (excluding diaryl/α,β-unsaturated/α-hetero) is 2. The summed E-state index contributed by atoms with van der Waals surface area (Å²) in [6.07, 6.45) is 20.4. The van der Waals surface area contributed by atoms with Crippen molar-refractivity contribution in [3.8, 4) is 80.9 Å². The number of hydrogen-bond donors (Lipinski definition) is 0. The van der Waals surface area contributed by atoms with Crippen molar-refractivity contribution >= 4 is 135 Å². The zero-order valence-electron chi connectivity index (χ0n) is 58.5. The number of unbranched alkanes of at least 4 members (excludes halogenated alkanes) is 6. The van der Waals surface area contributed by atoms with Crippen molar-refractivity contribution in [1.82, 2.24) is 0 Å². The molecule has 12 heteroatoms. The van der Waals surface area contributed by atoms with E-state index in [0.717, 1.165) is 132 Å². The number of fused-ring (bicyclic) bond motifs is 12. The van der Waals surface area contributed by atoms with E-state index in [1.54, 1.807) is 57.5 Å². The number of halogens is 2. The molecule has 4 heterocycles. The number of rotatable bonds is 16. The molecule has 0 N–H and O–H groups in total. The smallest absolute Gasteiger partial charge is 0.270 e. The molecule has 1 atom stereocenters. The summed E-state index contributed by atoms with van der Waals surface area (Å²) in [6.45, 7) is 22.8. The molecule has 7 aromatic carbocycles. The van der Waals surface area contributed by atoms with Gasteiger partial charge in [-0.15, -0.1) is 51.8 Å². The largest absolute Gasteiger partial charge is 0.289 e. The van der Waals surface area contributed by atoms with Crippen LogP contribution >= 0.6 is 81.0 Å². The van der Waals surface area contributed by atoms with E-state index in [-0.39, 0.29) is 31.5 Å². The van der Waals surface area contributed by atoms with Gasteiger partial charge in [-0.3, -0.25) is 9.59 Å². The Hall–Kier alpha value is -10.2. The van der Waals surface area contributed by atoms with Crippen molar-refractivity contribution in [2.75, 3.05) is 4.93 Å². The van der Waals surface area contributed by atoms with Crippen LogP contribution in [0, 0.1) is 90.6 Å². The maximum atomic E-state index is 14.6. The first-order valence-corrected chi connectivity index (χ1v) is 46.2. The standard InChI is InChI=1S/C91H60N4O2S4.CH4I2.6H2/c1-7-10-13-16-17-20-27-59-38-42-61(43-39-59)90(60-40-32-56(4)33-41-60)74-52-71-75(53-70(74)86-82(90)88-78(100-86)50-64(98-88)48-72-80(76(54-92)94-5)66-28-21-23-30-68(66)84(72)96)91(62-44-34-57(35-45-62)25-18-14-11-8-2,63-46-36-58(37-47-63)26-19-15-12-9-3)83-87(71)101-79-51-65(99-89(79)83)49-73-81(77(55-93)95-6)67-29-22-24-31-69(67)85(73)97;1-3-2;;;;;;/h1,21-24,28-53H,8-9,11-12,14-15,18-19,25-26H2,2-4H3;3H,1H3;6*1H/b72-48-,73-49-,80-76-,81-77+;;;;;;;/i;3T;;;;;;. The molecule has 0 fully saturated rings. The topological polar surface area (TPSA) is 90.4 Å². The fourth-order valence-corrected chi connectivity index (χ4v) is 21.0. The van der Waals surface area contributed by atoms with Crippen LogP contribution < -0.4 is 0 Å². The quantitative estimate of drug-likeness (QED) is 0.0183. The Bertz CT molecular complexity index is 5940. The van der Waals surface area contributed by atoms with E-state index in [0.29, 0.717) is 44.5 Å². The van der Waals surface area contributed by atoms with Gasteiger partial charge in [-0.25, -0.2) is 20.2 Å². The fraction of sp³-hybridized carbons (Fsp3) is 0.174. The summed E-state index contributed by atoms with van der Waals surface area (Å²) in [5.41, 5.74) is 17.2.